The van der Waals surface area contributed by atoms with Crippen LogP contribution in [0.4, 0.5) is 0 Å². The molecule has 0 bridgehead atoms. The average Bonchev–Trinajstić information content (AvgIpc) is 2.16. The van der Waals surface area contributed by atoms with Crippen LogP contribution in [0.1, 0.15) is 51.9 Å². The van der Waals surface area contributed by atoms with Gasteiger partial charge in [0.15, 0.2) is 0 Å². The molecule has 2 aliphatic rings. The molecule has 2 fully saturated rings. The maximum Gasteiger partial charge on any atom is 0.227 e. The molecule has 3 N–H and O–H groups in total. The Bertz CT molecular complexity index is 256. The molecule has 2 saturated carbocycles. The maximum absolute atomic E-state index is 12.1. The second-order valence-corrected chi connectivity index (χ2v) is 5.73. The summed E-state index contributed by atoms with van der Waals surface area (Å²) in [4.78, 5) is 12.1. The molecule has 0 unspecified atom stereocenters. The van der Waals surface area contributed by atoms with Gasteiger partial charge in [-0.15, -0.1) is 0 Å². The van der Waals surface area contributed by atoms with Gasteiger partial charge in [-0.3, -0.25) is 4.79 Å². The minimum Gasteiger partial charge on any atom is -0.355 e. The van der Waals surface area contributed by atoms with Crippen molar-refractivity contribution in [1.29, 1.82) is 0 Å². The summed E-state index contributed by atoms with van der Waals surface area (Å²) >= 11 is 0. The molecule has 0 spiro atoms. The van der Waals surface area contributed by atoms with Crippen LogP contribution in [0.15, 0.2) is 0 Å². The first-order chi connectivity index (χ1) is 7.66. The number of rotatable bonds is 5. The van der Waals surface area contributed by atoms with Crippen molar-refractivity contribution in [3.63, 3.8) is 0 Å². The Labute approximate surface area is 98.2 Å². The molecule has 0 atom stereocenters. The Morgan fingerprint density at radius 1 is 1.25 bits per heavy atom. The molecule has 2 rings (SSSR count). The number of hydrogen-bond donors (Lipinski definition) is 2. The van der Waals surface area contributed by atoms with Crippen LogP contribution in [0, 0.1) is 10.8 Å². The van der Waals surface area contributed by atoms with Crippen molar-refractivity contribution >= 4 is 5.91 Å². The molecule has 3 heteroatoms. The van der Waals surface area contributed by atoms with Gasteiger partial charge in [0.2, 0.25) is 5.91 Å². The molecule has 0 aromatic carbocycles. The van der Waals surface area contributed by atoms with E-state index in [1.807, 2.05) is 0 Å². The first kappa shape index (κ1) is 11.9. The Morgan fingerprint density at radius 3 is 2.19 bits per heavy atom. The van der Waals surface area contributed by atoms with E-state index >= 15 is 0 Å². The van der Waals surface area contributed by atoms with E-state index in [0.717, 1.165) is 25.8 Å². The molecule has 0 aromatic heterocycles. The first-order valence-electron chi connectivity index (χ1n) is 6.65. The second kappa shape index (κ2) is 4.36. The highest BCUT2D eigenvalue weighted by Crippen LogP contribution is 2.44. The molecule has 16 heavy (non-hydrogen) atoms. The van der Waals surface area contributed by atoms with Crippen LogP contribution < -0.4 is 11.1 Å². The third-order valence-electron chi connectivity index (χ3n) is 4.97. The lowest BCUT2D eigenvalue weighted by atomic mass is 9.65. The molecule has 2 aliphatic carbocycles. The SMILES string of the molecule is CCC1(CNC(=O)C2(CN)CCC2)CCC1. The lowest BCUT2D eigenvalue weighted by molar-refractivity contribution is -0.136. The van der Waals surface area contributed by atoms with Gasteiger partial charge in [-0.2, -0.15) is 0 Å². The normalized spacial score (nSPS) is 25.4. The zero-order chi connectivity index (χ0) is 11.6. The highest BCUT2D eigenvalue weighted by molar-refractivity contribution is 5.83. The Kier molecular flexibility index (Phi) is 3.24. The van der Waals surface area contributed by atoms with Gasteiger partial charge in [0.05, 0.1) is 5.41 Å². The molecule has 92 valence electrons. The average molecular weight is 224 g/mol. The van der Waals surface area contributed by atoms with Crippen molar-refractivity contribution in [2.24, 2.45) is 16.6 Å². The minimum atomic E-state index is -0.210. The Morgan fingerprint density at radius 2 is 1.88 bits per heavy atom. The predicted molar refractivity (Wildman–Crippen MR) is 64.9 cm³/mol. The van der Waals surface area contributed by atoms with Crippen molar-refractivity contribution in [3.8, 4) is 0 Å². The van der Waals surface area contributed by atoms with Crippen LogP contribution >= 0.6 is 0 Å². The molecule has 0 aromatic rings. The fourth-order valence-electron chi connectivity index (χ4n) is 2.91. The molecular weight excluding hydrogens is 200 g/mol. The fraction of sp³-hybridized carbons (Fsp3) is 0.923. The van der Waals surface area contributed by atoms with Crippen molar-refractivity contribution in [1.82, 2.24) is 5.32 Å². The number of hydrogen-bond acceptors (Lipinski definition) is 2. The predicted octanol–water partition coefficient (Wildman–Crippen LogP) is 1.81. The van der Waals surface area contributed by atoms with Crippen molar-refractivity contribution in [3.05, 3.63) is 0 Å². The summed E-state index contributed by atoms with van der Waals surface area (Å²) in [5.74, 6) is 0.209. The van der Waals surface area contributed by atoms with E-state index < -0.39 is 0 Å². The number of amides is 1. The highest BCUT2D eigenvalue weighted by atomic mass is 16.2. The quantitative estimate of drug-likeness (QED) is 0.748. The van der Waals surface area contributed by atoms with Crippen LogP contribution in [0.5, 0.6) is 0 Å². The standard InChI is InChI=1S/C13H24N2O/c1-2-12(5-3-6-12)10-15-11(16)13(9-14)7-4-8-13/h2-10,14H2,1H3,(H,15,16). The van der Waals surface area contributed by atoms with Gasteiger partial charge in [-0.25, -0.2) is 0 Å². The maximum atomic E-state index is 12.1. The van der Waals surface area contributed by atoms with E-state index in [1.165, 1.54) is 25.7 Å². The third-order valence-corrected chi connectivity index (χ3v) is 4.97. The summed E-state index contributed by atoms with van der Waals surface area (Å²) in [6.45, 7) is 3.61. The molecule has 0 radical (unpaired) electrons. The number of nitrogens with one attached hydrogen (secondary N) is 1. The molecule has 0 saturated heterocycles. The van der Waals surface area contributed by atoms with E-state index in [1.54, 1.807) is 0 Å². The van der Waals surface area contributed by atoms with E-state index in [4.69, 9.17) is 5.73 Å². The first-order valence-corrected chi connectivity index (χ1v) is 6.65. The van der Waals surface area contributed by atoms with Gasteiger partial charge in [0.1, 0.15) is 0 Å². The molecular formula is C13H24N2O. The van der Waals surface area contributed by atoms with Crippen LogP contribution in [0.3, 0.4) is 0 Å². The van der Waals surface area contributed by atoms with Gasteiger partial charge in [-0.1, -0.05) is 19.8 Å². The van der Waals surface area contributed by atoms with Crippen molar-refractivity contribution < 1.29 is 4.79 Å². The number of nitrogens with two attached hydrogens (primary N) is 1. The van der Waals surface area contributed by atoms with Crippen LogP contribution in [-0.4, -0.2) is 19.0 Å². The van der Waals surface area contributed by atoms with Gasteiger partial charge >= 0.3 is 0 Å². The zero-order valence-corrected chi connectivity index (χ0v) is 10.3. The Hall–Kier alpha value is -0.570. The van der Waals surface area contributed by atoms with E-state index in [9.17, 15) is 4.79 Å². The van der Waals surface area contributed by atoms with Crippen LogP contribution in [0.25, 0.3) is 0 Å². The fourth-order valence-corrected chi connectivity index (χ4v) is 2.91. The lowest BCUT2D eigenvalue weighted by Gasteiger charge is -2.44. The van der Waals surface area contributed by atoms with Gasteiger partial charge in [-0.05, 0) is 37.5 Å². The summed E-state index contributed by atoms with van der Waals surface area (Å²) in [6, 6.07) is 0. The lowest BCUT2D eigenvalue weighted by Crippen LogP contribution is -2.53. The summed E-state index contributed by atoms with van der Waals surface area (Å²) in [5, 5.41) is 3.15. The van der Waals surface area contributed by atoms with E-state index in [0.29, 0.717) is 12.0 Å². The third kappa shape index (κ3) is 1.86. The van der Waals surface area contributed by atoms with Crippen LogP contribution in [-0.2, 0) is 4.79 Å². The zero-order valence-electron chi connectivity index (χ0n) is 10.3. The molecule has 1 amide bonds. The molecule has 0 heterocycles. The summed E-state index contributed by atoms with van der Waals surface area (Å²) in [5.41, 5.74) is 5.93. The summed E-state index contributed by atoms with van der Waals surface area (Å²) < 4.78 is 0. The summed E-state index contributed by atoms with van der Waals surface area (Å²) in [7, 11) is 0. The second-order valence-electron chi connectivity index (χ2n) is 5.73. The van der Waals surface area contributed by atoms with Crippen LogP contribution in [0.2, 0.25) is 0 Å². The summed E-state index contributed by atoms with van der Waals surface area (Å²) in [6.07, 6.45) is 8.18. The van der Waals surface area contributed by atoms with Crippen molar-refractivity contribution in [2.45, 2.75) is 51.9 Å². The van der Waals surface area contributed by atoms with Gasteiger partial charge in [0, 0.05) is 13.1 Å². The Balaban J connectivity index is 1.83. The molecule has 3 nitrogen and oxygen atoms in total. The van der Waals surface area contributed by atoms with E-state index in [-0.39, 0.29) is 11.3 Å². The number of carbonyl (C=O) groups excluding carboxylic acids is 1. The monoisotopic (exact) mass is 224 g/mol. The van der Waals surface area contributed by atoms with Gasteiger partial charge < -0.3 is 11.1 Å². The smallest absolute Gasteiger partial charge is 0.227 e. The topological polar surface area (TPSA) is 55.1 Å². The van der Waals surface area contributed by atoms with E-state index in [2.05, 4.69) is 12.2 Å². The highest BCUT2D eigenvalue weighted by Gasteiger charge is 2.44. The number of carbonyl (C=O) groups is 1. The van der Waals surface area contributed by atoms with Crippen molar-refractivity contribution in [2.75, 3.05) is 13.1 Å². The largest absolute Gasteiger partial charge is 0.355 e. The minimum absolute atomic E-state index is 0.209. The molecule has 0 aliphatic heterocycles. The van der Waals surface area contributed by atoms with Gasteiger partial charge in [0.25, 0.3) is 0 Å².